The lowest BCUT2D eigenvalue weighted by molar-refractivity contribution is 0.0526. The lowest BCUT2D eigenvalue weighted by Crippen LogP contribution is -2.45. The molecule has 1 saturated heterocycles. The Bertz CT molecular complexity index is 583. The zero-order valence-corrected chi connectivity index (χ0v) is 12.4. The molecule has 0 radical (unpaired) electrons. The van der Waals surface area contributed by atoms with E-state index in [-0.39, 0.29) is 5.75 Å². The lowest BCUT2D eigenvalue weighted by atomic mass is 10.2. The van der Waals surface area contributed by atoms with Crippen molar-refractivity contribution in [2.45, 2.75) is 19.1 Å². The van der Waals surface area contributed by atoms with Crippen LogP contribution in [0.2, 0.25) is 0 Å². The molecule has 0 aromatic carbocycles. The van der Waals surface area contributed by atoms with Gasteiger partial charge in [-0.05, 0) is 26.0 Å². The van der Waals surface area contributed by atoms with Crippen molar-refractivity contribution in [3.8, 4) is 0 Å². The maximum Gasteiger partial charge on any atom is 0.339 e. The second kappa shape index (κ2) is 5.78. The van der Waals surface area contributed by atoms with E-state index < -0.39 is 21.1 Å². The predicted octanol–water partition coefficient (Wildman–Crippen LogP) is 0.882. The van der Waals surface area contributed by atoms with Gasteiger partial charge in [-0.25, -0.2) is 18.2 Å². The van der Waals surface area contributed by atoms with Gasteiger partial charge in [0.1, 0.15) is 5.82 Å². The zero-order chi connectivity index (χ0) is 14.8. The van der Waals surface area contributed by atoms with Crippen LogP contribution in [0.15, 0.2) is 18.3 Å². The van der Waals surface area contributed by atoms with Crippen molar-refractivity contribution < 1.29 is 17.9 Å². The molecule has 0 N–H and O–H groups in total. The number of carbonyl (C=O) groups excluding carboxylic acids is 1. The molecule has 6 nitrogen and oxygen atoms in total. The minimum Gasteiger partial charge on any atom is -0.462 e. The minimum absolute atomic E-state index is 0.134. The molecule has 1 aromatic rings. The van der Waals surface area contributed by atoms with Crippen molar-refractivity contribution in [1.29, 1.82) is 0 Å². The predicted molar refractivity (Wildman–Crippen MR) is 75.7 cm³/mol. The first-order valence-corrected chi connectivity index (χ1v) is 8.25. The summed E-state index contributed by atoms with van der Waals surface area (Å²) < 4.78 is 28.2. The fourth-order valence-electron chi connectivity index (χ4n) is 2.07. The normalized spacial score (nSPS) is 21.5. The number of esters is 1. The van der Waals surface area contributed by atoms with Crippen molar-refractivity contribution in [3.63, 3.8) is 0 Å². The van der Waals surface area contributed by atoms with E-state index in [4.69, 9.17) is 4.74 Å². The summed E-state index contributed by atoms with van der Waals surface area (Å²) in [6.45, 7) is 4.62. The van der Waals surface area contributed by atoms with Gasteiger partial charge < -0.3 is 9.64 Å². The third kappa shape index (κ3) is 3.09. The maximum atomic E-state index is 11.7. The van der Waals surface area contributed by atoms with Gasteiger partial charge in [0, 0.05) is 19.3 Å². The van der Waals surface area contributed by atoms with Crippen LogP contribution in [-0.2, 0) is 14.6 Å². The van der Waals surface area contributed by atoms with Crippen LogP contribution in [0.25, 0.3) is 0 Å². The SMILES string of the molecule is CCOC(=O)c1ccc(N2CCS(=O)(=O)C(C)C2)nc1. The van der Waals surface area contributed by atoms with E-state index in [1.807, 2.05) is 4.90 Å². The van der Waals surface area contributed by atoms with Crippen LogP contribution in [0.5, 0.6) is 0 Å². The summed E-state index contributed by atoms with van der Waals surface area (Å²) in [5.41, 5.74) is 0.397. The Morgan fingerprint density at radius 3 is 2.80 bits per heavy atom. The highest BCUT2D eigenvalue weighted by molar-refractivity contribution is 7.92. The number of ether oxygens (including phenoxy) is 1. The quantitative estimate of drug-likeness (QED) is 0.771. The van der Waals surface area contributed by atoms with E-state index in [1.54, 1.807) is 26.0 Å². The Kier molecular flexibility index (Phi) is 4.27. The van der Waals surface area contributed by atoms with E-state index in [0.717, 1.165) is 0 Å². The molecular formula is C13H18N2O4S. The van der Waals surface area contributed by atoms with Gasteiger partial charge in [0.05, 0.1) is 23.2 Å². The largest absolute Gasteiger partial charge is 0.462 e. The van der Waals surface area contributed by atoms with Gasteiger partial charge in [0.15, 0.2) is 9.84 Å². The van der Waals surface area contributed by atoms with Crippen molar-refractivity contribution in [1.82, 2.24) is 4.98 Å². The molecule has 0 amide bonds. The van der Waals surface area contributed by atoms with Gasteiger partial charge in [-0.15, -0.1) is 0 Å². The number of nitrogens with zero attached hydrogens (tertiary/aromatic N) is 2. The average molecular weight is 298 g/mol. The Morgan fingerprint density at radius 1 is 1.50 bits per heavy atom. The molecule has 1 unspecified atom stereocenters. The fourth-order valence-corrected chi connectivity index (χ4v) is 3.35. The number of hydrogen-bond acceptors (Lipinski definition) is 6. The van der Waals surface area contributed by atoms with Crippen LogP contribution in [0.1, 0.15) is 24.2 Å². The number of anilines is 1. The summed E-state index contributed by atoms with van der Waals surface area (Å²) in [5, 5.41) is -0.400. The summed E-state index contributed by atoms with van der Waals surface area (Å²) >= 11 is 0. The van der Waals surface area contributed by atoms with Crippen LogP contribution in [0.4, 0.5) is 5.82 Å². The second-order valence-corrected chi connectivity index (χ2v) is 7.29. The fraction of sp³-hybridized carbons (Fsp3) is 0.538. The molecule has 0 saturated carbocycles. The maximum absolute atomic E-state index is 11.7. The highest BCUT2D eigenvalue weighted by Gasteiger charge is 2.29. The summed E-state index contributed by atoms with van der Waals surface area (Å²) in [4.78, 5) is 17.6. The third-order valence-electron chi connectivity index (χ3n) is 3.32. The first-order valence-electron chi connectivity index (χ1n) is 6.53. The molecule has 0 bridgehead atoms. The molecule has 1 aliphatic heterocycles. The molecule has 1 aromatic heterocycles. The molecule has 2 heterocycles. The molecule has 1 atom stereocenters. The molecule has 20 heavy (non-hydrogen) atoms. The number of aromatic nitrogens is 1. The molecule has 0 aliphatic carbocycles. The van der Waals surface area contributed by atoms with Gasteiger partial charge >= 0.3 is 5.97 Å². The van der Waals surface area contributed by atoms with Crippen LogP contribution < -0.4 is 4.90 Å². The summed E-state index contributed by atoms with van der Waals surface area (Å²) in [7, 11) is -2.97. The van der Waals surface area contributed by atoms with Gasteiger partial charge in [0.25, 0.3) is 0 Å². The van der Waals surface area contributed by atoms with Crippen molar-refractivity contribution in [2.75, 3.05) is 30.3 Å². The Hall–Kier alpha value is -1.63. The Balaban J connectivity index is 2.09. The Labute approximate surface area is 118 Å². The lowest BCUT2D eigenvalue weighted by Gasteiger charge is -2.31. The third-order valence-corrected chi connectivity index (χ3v) is 5.45. The summed E-state index contributed by atoms with van der Waals surface area (Å²) in [6, 6.07) is 3.37. The minimum atomic E-state index is -2.97. The molecule has 7 heteroatoms. The standard InChI is InChI=1S/C13H18N2O4S/c1-3-19-13(16)11-4-5-12(14-8-11)15-6-7-20(17,18)10(2)9-15/h4-5,8,10H,3,6-7,9H2,1-2H3. The van der Waals surface area contributed by atoms with Crippen molar-refractivity contribution >= 4 is 21.6 Å². The summed E-state index contributed by atoms with van der Waals surface area (Å²) in [6.07, 6.45) is 1.46. The summed E-state index contributed by atoms with van der Waals surface area (Å²) in [5.74, 6) is 0.413. The molecule has 2 rings (SSSR count). The number of hydrogen-bond donors (Lipinski definition) is 0. The van der Waals surface area contributed by atoms with Gasteiger partial charge in [-0.1, -0.05) is 0 Å². The van der Waals surface area contributed by atoms with E-state index in [1.165, 1.54) is 6.20 Å². The van der Waals surface area contributed by atoms with Gasteiger partial charge in [0.2, 0.25) is 0 Å². The van der Waals surface area contributed by atoms with Gasteiger partial charge in [-0.2, -0.15) is 0 Å². The van der Waals surface area contributed by atoms with Gasteiger partial charge in [-0.3, -0.25) is 0 Å². The number of rotatable bonds is 3. The van der Waals surface area contributed by atoms with E-state index in [9.17, 15) is 13.2 Å². The highest BCUT2D eigenvalue weighted by atomic mass is 32.2. The van der Waals surface area contributed by atoms with E-state index in [2.05, 4.69) is 4.98 Å². The van der Waals surface area contributed by atoms with E-state index in [0.29, 0.717) is 31.1 Å². The number of pyridine rings is 1. The second-order valence-electron chi connectivity index (χ2n) is 4.75. The molecule has 110 valence electrons. The monoisotopic (exact) mass is 298 g/mol. The average Bonchev–Trinajstić information content (AvgIpc) is 2.42. The highest BCUT2D eigenvalue weighted by Crippen LogP contribution is 2.18. The topological polar surface area (TPSA) is 76.6 Å². The molecular weight excluding hydrogens is 280 g/mol. The zero-order valence-electron chi connectivity index (χ0n) is 11.6. The van der Waals surface area contributed by atoms with Crippen LogP contribution in [0.3, 0.4) is 0 Å². The first kappa shape index (κ1) is 14.8. The molecule has 0 spiro atoms. The number of carbonyl (C=O) groups is 1. The van der Waals surface area contributed by atoms with Crippen molar-refractivity contribution in [2.24, 2.45) is 0 Å². The molecule has 1 aliphatic rings. The van der Waals surface area contributed by atoms with Crippen LogP contribution >= 0.6 is 0 Å². The van der Waals surface area contributed by atoms with E-state index >= 15 is 0 Å². The van der Waals surface area contributed by atoms with Crippen LogP contribution in [0, 0.1) is 0 Å². The molecule has 1 fully saturated rings. The Morgan fingerprint density at radius 2 is 2.25 bits per heavy atom. The number of sulfone groups is 1. The smallest absolute Gasteiger partial charge is 0.339 e. The first-order chi connectivity index (χ1) is 9.44. The van der Waals surface area contributed by atoms with Crippen molar-refractivity contribution in [3.05, 3.63) is 23.9 Å². The van der Waals surface area contributed by atoms with Crippen LogP contribution in [-0.4, -0.2) is 50.1 Å².